The van der Waals surface area contributed by atoms with Gasteiger partial charge in [0.1, 0.15) is 23.4 Å². The quantitative estimate of drug-likeness (QED) is 0.482. The molecular formula is C24H30ClN3O6S. The van der Waals surface area contributed by atoms with Crippen LogP contribution in [-0.4, -0.2) is 60.0 Å². The highest BCUT2D eigenvalue weighted by atomic mass is 35.5. The monoisotopic (exact) mass is 523 g/mol. The first kappa shape index (κ1) is 26.9. The standard InChI is InChI=1S/C24H30ClN3O6S/c1-24(2,3)34-18-9-7-15(8-10-18)11-20(23(30)31)27-22(29)21-13-17(26)14-28(21)35(32,33)19-6-4-5-16(25)12-19/h4-10,12,17,20-21H,11,13-14,26H2,1-3H3,(H,27,29)(H,30,31)/t17-,20+,21+/m1/s1. The molecule has 0 bridgehead atoms. The number of aliphatic carboxylic acids is 1. The van der Waals surface area contributed by atoms with Crippen LogP contribution in [0, 0.1) is 0 Å². The molecule has 4 N–H and O–H groups in total. The molecule has 35 heavy (non-hydrogen) atoms. The molecule has 1 fully saturated rings. The van der Waals surface area contributed by atoms with E-state index < -0.39 is 40.0 Å². The molecule has 1 aliphatic heterocycles. The SMILES string of the molecule is CC(C)(C)Oc1ccc(C[C@H](NC(=O)[C@@H]2C[C@@H](N)CN2S(=O)(=O)c2cccc(Cl)c2)C(=O)O)cc1. The van der Waals surface area contributed by atoms with Crippen LogP contribution in [0.15, 0.2) is 53.4 Å². The first-order valence-electron chi connectivity index (χ1n) is 11.1. The van der Waals surface area contributed by atoms with Gasteiger partial charge in [-0.1, -0.05) is 29.8 Å². The molecule has 9 nitrogen and oxygen atoms in total. The van der Waals surface area contributed by atoms with E-state index in [1.54, 1.807) is 30.3 Å². The second kappa shape index (κ2) is 10.5. The number of amides is 1. The lowest BCUT2D eigenvalue weighted by atomic mass is 10.0. The third-order valence-corrected chi connectivity index (χ3v) is 7.50. The van der Waals surface area contributed by atoms with Gasteiger partial charge < -0.3 is 20.9 Å². The number of nitrogens with two attached hydrogens (primary N) is 1. The Kier molecular flexibility index (Phi) is 8.10. The predicted molar refractivity (Wildman–Crippen MR) is 132 cm³/mol. The number of ether oxygens (including phenoxy) is 1. The largest absolute Gasteiger partial charge is 0.488 e. The molecule has 1 aliphatic rings. The molecule has 190 valence electrons. The zero-order valence-corrected chi connectivity index (χ0v) is 21.3. The lowest BCUT2D eigenvalue weighted by molar-refractivity contribution is -0.142. The molecule has 1 amide bonds. The fourth-order valence-electron chi connectivity index (χ4n) is 3.85. The number of carboxylic acids is 1. The third kappa shape index (κ3) is 6.94. The average molecular weight is 524 g/mol. The Morgan fingerprint density at radius 1 is 1.23 bits per heavy atom. The van der Waals surface area contributed by atoms with Crippen molar-refractivity contribution in [3.63, 3.8) is 0 Å². The van der Waals surface area contributed by atoms with E-state index in [1.165, 1.54) is 18.2 Å². The van der Waals surface area contributed by atoms with E-state index in [0.717, 1.165) is 4.31 Å². The van der Waals surface area contributed by atoms with E-state index in [2.05, 4.69) is 5.32 Å². The summed E-state index contributed by atoms with van der Waals surface area (Å²) < 4.78 is 33.2. The van der Waals surface area contributed by atoms with Crippen LogP contribution < -0.4 is 15.8 Å². The maximum atomic E-state index is 13.2. The molecule has 2 aromatic carbocycles. The molecule has 0 radical (unpaired) electrons. The number of rotatable bonds is 8. The van der Waals surface area contributed by atoms with Crippen LogP contribution in [0.3, 0.4) is 0 Å². The molecular weight excluding hydrogens is 494 g/mol. The van der Waals surface area contributed by atoms with Crippen LogP contribution in [0.2, 0.25) is 5.02 Å². The molecule has 0 unspecified atom stereocenters. The Bertz CT molecular complexity index is 1180. The molecule has 0 aromatic heterocycles. The minimum Gasteiger partial charge on any atom is -0.488 e. The van der Waals surface area contributed by atoms with Crippen molar-refractivity contribution in [1.82, 2.24) is 9.62 Å². The summed E-state index contributed by atoms with van der Waals surface area (Å²) in [6.45, 7) is 5.69. The smallest absolute Gasteiger partial charge is 0.326 e. The van der Waals surface area contributed by atoms with Crippen LogP contribution in [0.5, 0.6) is 5.75 Å². The minimum absolute atomic E-state index is 0.0106. The fraction of sp³-hybridized carbons (Fsp3) is 0.417. The zero-order valence-electron chi connectivity index (χ0n) is 19.8. The second-order valence-corrected chi connectivity index (χ2v) is 11.8. The molecule has 0 spiro atoms. The Morgan fingerprint density at radius 2 is 1.89 bits per heavy atom. The van der Waals surface area contributed by atoms with Gasteiger partial charge in [0.2, 0.25) is 15.9 Å². The van der Waals surface area contributed by atoms with Crippen LogP contribution in [0.25, 0.3) is 0 Å². The van der Waals surface area contributed by atoms with E-state index in [-0.39, 0.29) is 34.9 Å². The predicted octanol–water partition coefficient (Wildman–Crippen LogP) is 2.42. The van der Waals surface area contributed by atoms with Crippen LogP contribution >= 0.6 is 11.6 Å². The van der Waals surface area contributed by atoms with Crippen LogP contribution in [-0.2, 0) is 26.0 Å². The van der Waals surface area contributed by atoms with Gasteiger partial charge in [-0.2, -0.15) is 4.31 Å². The number of carbonyl (C=O) groups excluding carboxylic acids is 1. The van der Waals surface area contributed by atoms with Crippen molar-refractivity contribution >= 4 is 33.5 Å². The van der Waals surface area contributed by atoms with Gasteiger partial charge >= 0.3 is 5.97 Å². The van der Waals surface area contributed by atoms with E-state index >= 15 is 0 Å². The number of hydrogen-bond donors (Lipinski definition) is 3. The Balaban J connectivity index is 1.75. The number of sulfonamides is 1. The number of benzene rings is 2. The van der Waals surface area contributed by atoms with E-state index in [0.29, 0.717) is 11.3 Å². The average Bonchev–Trinajstić information content (AvgIpc) is 3.16. The fourth-order valence-corrected chi connectivity index (χ4v) is 5.81. The molecule has 11 heteroatoms. The number of hydrogen-bond acceptors (Lipinski definition) is 6. The van der Waals surface area contributed by atoms with E-state index in [1.807, 2.05) is 20.8 Å². The Morgan fingerprint density at radius 3 is 2.46 bits per heavy atom. The van der Waals surface area contributed by atoms with Crippen molar-refractivity contribution in [3.05, 3.63) is 59.1 Å². The summed E-state index contributed by atoms with van der Waals surface area (Å²) >= 11 is 5.95. The molecule has 1 heterocycles. The number of halogens is 1. The van der Waals surface area contributed by atoms with Crippen LogP contribution in [0.4, 0.5) is 0 Å². The molecule has 0 saturated carbocycles. The van der Waals surface area contributed by atoms with Gasteiger partial charge in [0.25, 0.3) is 0 Å². The van der Waals surface area contributed by atoms with Gasteiger partial charge in [-0.05, 0) is 63.1 Å². The van der Waals surface area contributed by atoms with Gasteiger partial charge in [0, 0.05) is 24.0 Å². The van der Waals surface area contributed by atoms with Crippen molar-refractivity contribution in [2.75, 3.05) is 6.54 Å². The van der Waals surface area contributed by atoms with Gasteiger partial charge in [0.15, 0.2) is 0 Å². The zero-order chi connectivity index (χ0) is 26.0. The molecule has 1 saturated heterocycles. The van der Waals surface area contributed by atoms with Crippen molar-refractivity contribution in [2.24, 2.45) is 5.73 Å². The van der Waals surface area contributed by atoms with Gasteiger partial charge in [-0.15, -0.1) is 0 Å². The van der Waals surface area contributed by atoms with E-state index in [4.69, 9.17) is 22.1 Å². The lowest BCUT2D eigenvalue weighted by Gasteiger charge is -2.25. The normalized spacial score (nSPS) is 19.8. The topological polar surface area (TPSA) is 139 Å². The summed E-state index contributed by atoms with van der Waals surface area (Å²) in [5.74, 6) is -1.32. The van der Waals surface area contributed by atoms with Crippen molar-refractivity contribution in [3.8, 4) is 5.75 Å². The summed E-state index contributed by atoms with van der Waals surface area (Å²) in [7, 11) is -4.08. The van der Waals surface area contributed by atoms with Gasteiger partial charge in [-0.3, -0.25) is 4.79 Å². The molecule has 0 aliphatic carbocycles. The summed E-state index contributed by atoms with van der Waals surface area (Å²) in [4.78, 5) is 24.9. The highest BCUT2D eigenvalue weighted by Crippen LogP contribution is 2.27. The lowest BCUT2D eigenvalue weighted by Crippen LogP contribution is -2.51. The Labute approximate surface area is 210 Å². The summed E-state index contributed by atoms with van der Waals surface area (Å²) in [5, 5.41) is 12.4. The van der Waals surface area contributed by atoms with Crippen molar-refractivity contribution < 1.29 is 27.9 Å². The summed E-state index contributed by atoms with van der Waals surface area (Å²) in [5.41, 5.74) is 6.28. The first-order valence-corrected chi connectivity index (χ1v) is 12.9. The summed E-state index contributed by atoms with van der Waals surface area (Å²) in [6, 6.07) is 9.66. The number of nitrogens with zero attached hydrogens (tertiary/aromatic N) is 1. The van der Waals surface area contributed by atoms with Crippen LogP contribution in [0.1, 0.15) is 32.8 Å². The van der Waals surface area contributed by atoms with Gasteiger partial charge in [-0.25, -0.2) is 13.2 Å². The second-order valence-electron chi connectivity index (χ2n) is 9.51. The maximum absolute atomic E-state index is 13.2. The first-order chi connectivity index (χ1) is 16.3. The number of nitrogens with one attached hydrogen (secondary N) is 1. The van der Waals surface area contributed by atoms with E-state index in [9.17, 15) is 23.1 Å². The third-order valence-electron chi connectivity index (χ3n) is 5.40. The van der Waals surface area contributed by atoms with Gasteiger partial charge in [0.05, 0.1) is 4.90 Å². The molecule has 3 rings (SSSR count). The van der Waals surface area contributed by atoms with Crippen molar-refractivity contribution in [1.29, 1.82) is 0 Å². The Hall–Kier alpha value is -2.66. The molecule has 2 aromatic rings. The molecule has 3 atom stereocenters. The number of carbonyl (C=O) groups is 2. The minimum atomic E-state index is -4.08. The maximum Gasteiger partial charge on any atom is 0.326 e. The highest BCUT2D eigenvalue weighted by molar-refractivity contribution is 7.89. The van der Waals surface area contributed by atoms with Crippen molar-refractivity contribution in [2.45, 2.75) is 62.2 Å². The highest BCUT2D eigenvalue weighted by Gasteiger charge is 2.43. The number of carboxylic acid groups (broad SMARTS) is 1. The summed E-state index contributed by atoms with van der Waals surface area (Å²) in [6.07, 6.45) is 0.0769.